The van der Waals surface area contributed by atoms with Gasteiger partial charge in [-0.1, -0.05) is 43.6 Å². The van der Waals surface area contributed by atoms with Gasteiger partial charge < -0.3 is 19.5 Å². The van der Waals surface area contributed by atoms with Gasteiger partial charge in [0.25, 0.3) is 5.91 Å². The van der Waals surface area contributed by atoms with Gasteiger partial charge in [0.1, 0.15) is 17.1 Å². The van der Waals surface area contributed by atoms with Crippen molar-refractivity contribution < 1.29 is 23.8 Å². The monoisotopic (exact) mass is 405 g/mol. The van der Waals surface area contributed by atoms with Gasteiger partial charge in [-0.2, -0.15) is 0 Å². The Morgan fingerprint density at radius 3 is 2.50 bits per heavy atom. The van der Waals surface area contributed by atoms with Crippen molar-refractivity contribution in [2.45, 2.75) is 26.7 Å². The van der Waals surface area contributed by atoms with Crippen molar-refractivity contribution in [2.75, 3.05) is 25.6 Å². The highest BCUT2D eigenvalue weighted by Gasteiger charge is 2.18. The van der Waals surface area contributed by atoms with Gasteiger partial charge in [-0.3, -0.25) is 4.79 Å². The Balaban J connectivity index is 2.11. The van der Waals surface area contributed by atoms with Crippen LogP contribution in [0, 0.1) is 0 Å². The Bertz CT molecular complexity index is 851. The van der Waals surface area contributed by atoms with Gasteiger partial charge in [0.15, 0.2) is 6.61 Å². The SMILES string of the molecule is CCOC(=O)c1cc(Cl)c(NC(=O)COc2ccccc2C(C)C)cc1OC. The summed E-state index contributed by atoms with van der Waals surface area (Å²) in [6.45, 7) is 5.87. The molecule has 1 amide bonds. The number of amides is 1. The molecular weight excluding hydrogens is 382 g/mol. The van der Waals surface area contributed by atoms with E-state index in [-0.39, 0.29) is 41.4 Å². The van der Waals surface area contributed by atoms with Crippen molar-refractivity contribution in [3.63, 3.8) is 0 Å². The number of hydrogen-bond donors (Lipinski definition) is 1. The molecule has 0 saturated heterocycles. The van der Waals surface area contributed by atoms with Gasteiger partial charge in [-0.25, -0.2) is 4.79 Å². The summed E-state index contributed by atoms with van der Waals surface area (Å²) in [6.07, 6.45) is 0. The normalized spacial score (nSPS) is 10.5. The zero-order chi connectivity index (χ0) is 20.7. The highest BCUT2D eigenvalue weighted by Crippen LogP contribution is 2.32. The maximum absolute atomic E-state index is 12.3. The van der Waals surface area contributed by atoms with Crippen molar-refractivity contribution in [2.24, 2.45) is 0 Å². The molecular formula is C21H24ClNO5. The number of rotatable bonds is 8. The third-order valence-electron chi connectivity index (χ3n) is 3.96. The van der Waals surface area contributed by atoms with Crippen LogP contribution in [0.4, 0.5) is 5.69 Å². The van der Waals surface area contributed by atoms with Gasteiger partial charge in [0.2, 0.25) is 0 Å². The van der Waals surface area contributed by atoms with E-state index in [4.69, 9.17) is 25.8 Å². The van der Waals surface area contributed by atoms with E-state index in [0.29, 0.717) is 11.4 Å². The first kappa shape index (κ1) is 21.6. The highest BCUT2D eigenvalue weighted by molar-refractivity contribution is 6.34. The average molecular weight is 406 g/mol. The molecule has 2 rings (SSSR count). The second-order valence-electron chi connectivity index (χ2n) is 6.28. The van der Waals surface area contributed by atoms with E-state index in [9.17, 15) is 9.59 Å². The molecule has 0 unspecified atom stereocenters. The topological polar surface area (TPSA) is 73.9 Å². The largest absolute Gasteiger partial charge is 0.496 e. The fraction of sp³-hybridized carbons (Fsp3) is 0.333. The van der Waals surface area contributed by atoms with Crippen molar-refractivity contribution in [1.29, 1.82) is 0 Å². The lowest BCUT2D eigenvalue weighted by Gasteiger charge is -2.15. The van der Waals surface area contributed by atoms with Crippen LogP contribution in [0.5, 0.6) is 11.5 Å². The number of methoxy groups -OCH3 is 1. The predicted octanol–water partition coefficient (Wildman–Crippen LogP) is 4.67. The maximum atomic E-state index is 12.3. The minimum Gasteiger partial charge on any atom is -0.496 e. The molecule has 28 heavy (non-hydrogen) atoms. The van der Waals surface area contributed by atoms with Gasteiger partial charge >= 0.3 is 5.97 Å². The third-order valence-corrected chi connectivity index (χ3v) is 4.27. The Labute approximate surface area is 169 Å². The summed E-state index contributed by atoms with van der Waals surface area (Å²) in [5.41, 5.74) is 1.53. The van der Waals surface area contributed by atoms with Crippen LogP contribution < -0.4 is 14.8 Å². The smallest absolute Gasteiger partial charge is 0.341 e. The van der Waals surface area contributed by atoms with Gasteiger partial charge in [0, 0.05) is 6.07 Å². The summed E-state index contributed by atoms with van der Waals surface area (Å²) in [7, 11) is 1.42. The molecule has 0 saturated carbocycles. The lowest BCUT2D eigenvalue weighted by molar-refractivity contribution is -0.118. The fourth-order valence-electron chi connectivity index (χ4n) is 2.60. The standard InChI is InChI=1S/C21H24ClNO5/c1-5-27-21(25)15-10-16(22)17(11-19(15)26-4)23-20(24)12-28-18-9-7-6-8-14(18)13(2)3/h6-11,13H,5,12H2,1-4H3,(H,23,24). The Morgan fingerprint density at radius 1 is 1.14 bits per heavy atom. The van der Waals surface area contributed by atoms with Crippen LogP contribution in [-0.2, 0) is 9.53 Å². The molecule has 0 spiro atoms. The first-order valence-corrected chi connectivity index (χ1v) is 9.31. The number of carbonyl (C=O) groups excluding carboxylic acids is 2. The number of carbonyl (C=O) groups is 2. The van der Waals surface area contributed by atoms with E-state index in [1.165, 1.54) is 19.2 Å². The number of para-hydroxylation sites is 1. The molecule has 2 aromatic carbocycles. The van der Waals surface area contributed by atoms with Crippen LogP contribution in [0.1, 0.15) is 42.6 Å². The molecule has 0 aromatic heterocycles. The molecule has 1 N–H and O–H groups in total. The molecule has 0 heterocycles. The Morgan fingerprint density at radius 2 is 1.86 bits per heavy atom. The molecule has 0 radical (unpaired) electrons. The van der Waals surface area contributed by atoms with E-state index < -0.39 is 5.97 Å². The van der Waals surface area contributed by atoms with Crippen LogP contribution in [0.15, 0.2) is 36.4 Å². The predicted molar refractivity (Wildman–Crippen MR) is 109 cm³/mol. The molecule has 0 bridgehead atoms. The van der Waals surface area contributed by atoms with Crippen molar-refractivity contribution in [1.82, 2.24) is 0 Å². The first-order chi connectivity index (χ1) is 13.4. The zero-order valence-corrected chi connectivity index (χ0v) is 17.1. The van der Waals surface area contributed by atoms with Crippen LogP contribution in [0.25, 0.3) is 0 Å². The summed E-state index contributed by atoms with van der Waals surface area (Å²) in [5.74, 6) is 0.255. The lowest BCUT2D eigenvalue weighted by Crippen LogP contribution is -2.21. The molecule has 0 aliphatic heterocycles. The molecule has 0 aliphatic carbocycles. The molecule has 6 nitrogen and oxygen atoms in total. The molecule has 0 fully saturated rings. The minimum atomic E-state index is -0.548. The summed E-state index contributed by atoms with van der Waals surface area (Å²) >= 11 is 6.21. The lowest BCUT2D eigenvalue weighted by atomic mass is 10.0. The highest BCUT2D eigenvalue weighted by atomic mass is 35.5. The van der Waals surface area contributed by atoms with Gasteiger partial charge in [-0.05, 0) is 30.5 Å². The van der Waals surface area contributed by atoms with Gasteiger partial charge in [-0.15, -0.1) is 0 Å². The number of ether oxygens (including phenoxy) is 3. The number of hydrogen-bond acceptors (Lipinski definition) is 5. The van der Waals surface area contributed by atoms with Crippen LogP contribution >= 0.6 is 11.6 Å². The Hall–Kier alpha value is -2.73. The first-order valence-electron chi connectivity index (χ1n) is 8.93. The molecule has 0 aliphatic rings. The zero-order valence-electron chi connectivity index (χ0n) is 16.4. The second kappa shape index (κ2) is 9.99. The summed E-state index contributed by atoms with van der Waals surface area (Å²) in [6, 6.07) is 10.5. The molecule has 150 valence electrons. The van der Waals surface area contributed by atoms with Crippen molar-refractivity contribution in [3.8, 4) is 11.5 Å². The summed E-state index contributed by atoms with van der Waals surface area (Å²) in [4.78, 5) is 24.3. The third kappa shape index (κ3) is 5.39. The Kier molecular flexibility index (Phi) is 7.70. The van der Waals surface area contributed by atoms with Crippen molar-refractivity contribution >= 4 is 29.2 Å². The van der Waals surface area contributed by atoms with Gasteiger partial charge in [0.05, 0.1) is 24.4 Å². The minimum absolute atomic E-state index is 0.179. The van der Waals surface area contributed by atoms with E-state index in [0.717, 1.165) is 5.56 Å². The molecule has 0 atom stereocenters. The van der Waals surface area contributed by atoms with E-state index in [1.807, 2.05) is 24.3 Å². The number of anilines is 1. The van der Waals surface area contributed by atoms with Crippen LogP contribution in [-0.4, -0.2) is 32.2 Å². The number of esters is 1. The fourth-order valence-corrected chi connectivity index (χ4v) is 2.82. The molecule has 7 heteroatoms. The summed E-state index contributed by atoms with van der Waals surface area (Å²) in [5, 5.41) is 2.87. The van der Waals surface area contributed by atoms with Crippen molar-refractivity contribution in [3.05, 3.63) is 52.5 Å². The number of nitrogens with one attached hydrogen (secondary N) is 1. The van der Waals surface area contributed by atoms with E-state index >= 15 is 0 Å². The number of benzene rings is 2. The average Bonchev–Trinajstić information content (AvgIpc) is 2.67. The van der Waals surface area contributed by atoms with Crippen LogP contribution in [0.2, 0.25) is 5.02 Å². The summed E-state index contributed by atoms with van der Waals surface area (Å²) < 4.78 is 15.9. The quantitative estimate of drug-likeness (QED) is 0.646. The van der Waals surface area contributed by atoms with E-state index in [2.05, 4.69) is 19.2 Å². The maximum Gasteiger partial charge on any atom is 0.341 e. The van der Waals surface area contributed by atoms with Crippen LogP contribution in [0.3, 0.4) is 0 Å². The van der Waals surface area contributed by atoms with E-state index in [1.54, 1.807) is 6.92 Å². The molecule has 2 aromatic rings. The number of halogens is 1. The second-order valence-corrected chi connectivity index (χ2v) is 6.69.